The lowest BCUT2D eigenvalue weighted by atomic mass is 10.2. The Morgan fingerprint density at radius 1 is 1.17 bits per heavy atom. The van der Waals surface area contributed by atoms with Crippen molar-refractivity contribution in [2.45, 2.75) is 16.3 Å². The van der Waals surface area contributed by atoms with Gasteiger partial charge in [0.2, 0.25) is 0 Å². The molecule has 0 saturated heterocycles. The molecule has 2 unspecified atom stereocenters. The lowest BCUT2D eigenvalue weighted by molar-refractivity contribution is -0.510. The monoisotopic (exact) mass is 257 g/mol. The van der Waals surface area contributed by atoms with Crippen LogP contribution in [0.2, 0.25) is 0 Å². The van der Waals surface area contributed by atoms with Crippen molar-refractivity contribution in [2.75, 3.05) is 0 Å². The van der Waals surface area contributed by atoms with Gasteiger partial charge in [0.15, 0.2) is 11.5 Å². The molecule has 0 aliphatic carbocycles. The average Bonchev–Trinajstić information content (AvgIpc) is 2.43. The van der Waals surface area contributed by atoms with Gasteiger partial charge in [-0.15, -0.1) is 11.8 Å². The van der Waals surface area contributed by atoms with Crippen molar-refractivity contribution in [3.63, 3.8) is 0 Å². The number of nitrogens with zero attached hydrogens (tertiary/aromatic N) is 1. The van der Waals surface area contributed by atoms with Crippen molar-refractivity contribution in [3.05, 3.63) is 54.8 Å². The highest BCUT2D eigenvalue weighted by Crippen LogP contribution is 2.24. The SMILES string of the molecule is O=C1C(Sc2ccccc2)C=[NH+]C2C=CC=CN12. The second kappa shape index (κ2) is 4.82. The maximum Gasteiger partial charge on any atom is 0.255 e. The number of allylic oxidation sites excluding steroid dienone is 2. The molecule has 0 fully saturated rings. The number of amides is 1. The molecule has 2 aliphatic heterocycles. The van der Waals surface area contributed by atoms with Crippen molar-refractivity contribution in [3.8, 4) is 0 Å². The molecule has 0 bridgehead atoms. The highest BCUT2D eigenvalue weighted by atomic mass is 32.2. The maximum absolute atomic E-state index is 12.3. The second-order valence-electron chi connectivity index (χ2n) is 4.10. The molecule has 0 radical (unpaired) electrons. The first kappa shape index (κ1) is 11.3. The van der Waals surface area contributed by atoms with E-state index in [1.807, 2.05) is 61.0 Å². The maximum atomic E-state index is 12.3. The number of thioether (sulfide) groups is 1. The van der Waals surface area contributed by atoms with Gasteiger partial charge in [-0.2, -0.15) is 0 Å². The van der Waals surface area contributed by atoms with Crippen LogP contribution in [0, 0.1) is 0 Å². The van der Waals surface area contributed by atoms with E-state index < -0.39 is 0 Å². The fourth-order valence-corrected chi connectivity index (χ4v) is 2.95. The molecule has 1 aromatic carbocycles. The van der Waals surface area contributed by atoms with Gasteiger partial charge < -0.3 is 0 Å². The van der Waals surface area contributed by atoms with E-state index in [1.54, 1.807) is 16.7 Å². The van der Waals surface area contributed by atoms with Crippen LogP contribution in [-0.4, -0.2) is 28.4 Å². The minimum atomic E-state index is -0.181. The van der Waals surface area contributed by atoms with Crippen LogP contribution < -0.4 is 4.99 Å². The van der Waals surface area contributed by atoms with Gasteiger partial charge in [-0.1, -0.05) is 24.3 Å². The quantitative estimate of drug-likeness (QED) is 0.839. The Hall–Kier alpha value is -1.81. The summed E-state index contributed by atoms with van der Waals surface area (Å²) in [4.78, 5) is 18.4. The van der Waals surface area contributed by atoms with Gasteiger partial charge in [0.25, 0.3) is 12.1 Å². The number of carbonyl (C=O) groups excluding carboxylic acids is 1. The lowest BCUT2D eigenvalue weighted by Crippen LogP contribution is -2.85. The Labute approximate surface area is 110 Å². The summed E-state index contributed by atoms with van der Waals surface area (Å²) >= 11 is 1.56. The zero-order valence-electron chi connectivity index (χ0n) is 9.69. The average molecular weight is 257 g/mol. The molecular formula is C14H13N2OS+. The Bertz CT molecular complexity index is 536. The van der Waals surface area contributed by atoms with Gasteiger partial charge in [0.05, 0.1) is 0 Å². The third-order valence-electron chi connectivity index (χ3n) is 2.87. The van der Waals surface area contributed by atoms with Crippen molar-refractivity contribution < 1.29 is 9.79 Å². The highest BCUT2D eigenvalue weighted by molar-refractivity contribution is 8.01. The standard InChI is InChI=1S/C14H12N2OS/c17-14-12(18-11-6-2-1-3-7-11)10-15-13-8-4-5-9-16(13)14/h1-10,12-13H/p+1. The van der Waals surface area contributed by atoms with Crippen LogP contribution in [0.25, 0.3) is 0 Å². The van der Waals surface area contributed by atoms with Crippen LogP contribution in [0.15, 0.2) is 59.7 Å². The number of fused-ring (bicyclic) bond motifs is 1. The topological polar surface area (TPSA) is 34.3 Å². The fourth-order valence-electron chi connectivity index (χ4n) is 1.98. The van der Waals surface area contributed by atoms with Gasteiger partial charge in [0, 0.05) is 17.2 Å². The molecular weight excluding hydrogens is 244 g/mol. The van der Waals surface area contributed by atoms with Crippen molar-refractivity contribution in [1.82, 2.24) is 4.90 Å². The summed E-state index contributed by atoms with van der Waals surface area (Å²) in [7, 11) is 0. The lowest BCUT2D eigenvalue weighted by Gasteiger charge is -2.27. The van der Waals surface area contributed by atoms with E-state index in [1.165, 1.54) is 0 Å². The summed E-state index contributed by atoms with van der Waals surface area (Å²) in [6.45, 7) is 0. The molecule has 90 valence electrons. The number of rotatable bonds is 2. The van der Waals surface area contributed by atoms with E-state index in [9.17, 15) is 4.79 Å². The summed E-state index contributed by atoms with van der Waals surface area (Å²) in [5.74, 6) is 0.119. The molecule has 2 atom stereocenters. The smallest absolute Gasteiger partial charge is 0.255 e. The van der Waals surface area contributed by atoms with Crippen LogP contribution in [0.3, 0.4) is 0 Å². The van der Waals surface area contributed by atoms with Gasteiger partial charge in [0.1, 0.15) is 0 Å². The minimum Gasteiger partial charge on any atom is -0.272 e. The molecule has 1 N–H and O–H groups in total. The third kappa shape index (κ3) is 2.11. The number of hydrogen-bond donors (Lipinski definition) is 1. The Morgan fingerprint density at radius 3 is 2.83 bits per heavy atom. The van der Waals surface area contributed by atoms with Crippen molar-refractivity contribution >= 4 is 23.9 Å². The Morgan fingerprint density at radius 2 is 2.00 bits per heavy atom. The molecule has 1 aromatic rings. The zero-order valence-corrected chi connectivity index (χ0v) is 10.5. The molecule has 2 heterocycles. The predicted molar refractivity (Wildman–Crippen MR) is 72.0 cm³/mol. The molecule has 0 saturated carbocycles. The van der Waals surface area contributed by atoms with Crippen LogP contribution in [-0.2, 0) is 4.79 Å². The number of nitrogens with one attached hydrogen (secondary N) is 1. The van der Waals surface area contributed by atoms with Crippen LogP contribution in [0.1, 0.15) is 0 Å². The molecule has 2 aliphatic rings. The molecule has 3 nitrogen and oxygen atoms in total. The molecule has 1 amide bonds. The molecule has 4 heteroatoms. The van der Waals surface area contributed by atoms with E-state index in [4.69, 9.17) is 0 Å². The molecule has 0 spiro atoms. The summed E-state index contributed by atoms with van der Waals surface area (Å²) in [6, 6.07) is 9.97. The Balaban J connectivity index is 1.80. The van der Waals surface area contributed by atoms with Crippen molar-refractivity contribution in [2.24, 2.45) is 0 Å². The van der Waals surface area contributed by atoms with Gasteiger partial charge in [-0.3, -0.25) is 9.69 Å². The second-order valence-corrected chi connectivity index (χ2v) is 5.32. The number of benzene rings is 1. The third-order valence-corrected chi connectivity index (χ3v) is 4.01. The van der Waals surface area contributed by atoms with Crippen LogP contribution in [0.4, 0.5) is 0 Å². The van der Waals surface area contributed by atoms with E-state index in [-0.39, 0.29) is 17.3 Å². The number of hydrogen-bond acceptors (Lipinski definition) is 2. The van der Waals surface area contributed by atoms with E-state index in [0.29, 0.717) is 0 Å². The molecule has 0 aromatic heterocycles. The summed E-state index contributed by atoms with van der Waals surface area (Å²) < 4.78 is 0. The normalized spacial score (nSPS) is 25.3. The summed E-state index contributed by atoms with van der Waals surface area (Å²) in [5.41, 5.74) is 0. The van der Waals surface area contributed by atoms with Crippen molar-refractivity contribution in [1.29, 1.82) is 0 Å². The largest absolute Gasteiger partial charge is 0.272 e. The summed E-state index contributed by atoms with van der Waals surface area (Å²) in [5, 5.41) is -0.181. The zero-order chi connectivity index (χ0) is 12.4. The van der Waals surface area contributed by atoms with E-state index in [2.05, 4.69) is 4.99 Å². The van der Waals surface area contributed by atoms with Gasteiger partial charge in [-0.05, 0) is 18.2 Å². The first-order valence-electron chi connectivity index (χ1n) is 5.83. The molecule has 3 rings (SSSR count). The van der Waals surface area contributed by atoms with Gasteiger partial charge in [-0.25, -0.2) is 4.99 Å². The first-order chi connectivity index (χ1) is 8.84. The van der Waals surface area contributed by atoms with E-state index >= 15 is 0 Å². The number of carbonyl (C=O) groups is 1. The molecule has 18 heavy (non-hydrogen) atoms. The minimum absolute atomic E-state index is 0.0323. The predicted octanol–water partition coefficient (Wildman–Crippen LogP) is 0.550. The van der Waals surface area contributed by atoms with Crippen LogP contribution in [0.5, 0.6) is 0 Å². The fraction of sp³-hybridized carbons (Fsp3) is 0.143. The highest BCUT2D eigenvalue weighted by Gasteiger charge is 2.35. The van der Waals surface area contributed by atoms with Gasteiger partial charge >= 0.3 is 0 Å². The van der Waals surface area contributed by atoms with Crippen LogP contribution >= 0.6 is 11.8 Å². The van der Waals surface area contributed by atoms with E-state index in [0.717, 1.165) is 4.90 Å². The first-order valence-corrected chi connectivity index (χ1v) is 6.71. The summed E-state index contributed by atoms with van der Waals surface area (Å²) in [6.07, 6.45) is 9.47. The Kier molecular flexibility index (Phi) is 3.02.